The van der Waals surface area contributed by atoms with Crippen LogP contribution in [0.3, 0.4) is 0 Å². The quantitative estimate of drug-likeness (QED) is 0.607. The summed E-state index contributed by atoms with van der Waals surface area (Å²) in [6.45, 7) is 11.7. The topological polar surface area (TPSA) is 37.8 Å². The molecule has 102 valence electrons. The first-order chi connectivity index (χ1) is 8.51. The highest BCUT2D eigenvalue weighted by molar-refractivity contribution is 7.99. The molecule has 0 aliphatic rings. The number of hydrogen-bond donors (Lipinski definition) is 1. The van der Waals surface area contributed by atoms with E-state index in [0.29, 0.717) is 11.3 Å². The Balaban J connectivity index is 2.41. The van der Waals surface area contributed by atoms with Crippen LogP contribution in [0, 0.1) is 13.8 Å². The van der Waals surface area contributed by atoms with Gasteiger partial charge in [-0.2, -0.15) is 0 Å². The molecular weight excluding hydrogens is 242 g/mol. The Hall–Kier alpha value is -0.610. The van der Waals surface area contributed by atoms with Crippen LogP contribution in [0.15, 0.2) is 11.2 Å². The number of rotatable bonds is 7. The fourth-order valence-corrected chi connectivity index (χ4v) is 2.80. The molecule has 4 heteroatoms. The van der Waals surface area contributed by atoms with Crippen molar-refractivity contribution in [3.8, 4) is 0 Å². The van der Waals surface area contributed by atoms with E-state index in [4.69, 9.17) is 0 Å². The first-order valence-corrected chi connectivity index (χ1v) is 7.61. The maximum atomic E-state index is 4.46. The Morgan fingerprint density at radius 1 is 1.22 bits per heavy atom. The van der Waals surface area contributed by atoms with E-state index in [9.17, 15) is 0 Å². The molecule has 1 aromatic heterocycles. The molecule has 0 aliphatic carbocycles. The van der Waals surface area contributed by atoms with Crippen molar-refractivity contribution in [2.45, 2.75) is 63.9 Å². The van der Waals surface area contributed by atoms with E-state index in [1.807, 2.05) is 19.9 Å². The fraction of sp³-hybridized carbons (Fsp3) is 0.714. The van der Waals surface area contributed by atoms with Crippen molar-refractivity contribution < 1.29 is 0 Å². The lowest BCUT2D eigenvalue weighted by atomic mass is 10.2. The van der Waals surface area contributed by atoms with Gasteiger partial charge in [0, 0.05) is 29.2 Å². The Labute approximate surface area is 115 Å². The molecule has 0 saturated carbocycles. The van der Waals surface area contributed by atoms with Gasteiger partial charge in [-0.25, -0.2) is 9.97 Å². The van der Waals surface area contributed by atoms with Gasteiger partial charge in [0.1, 0.15) is 0 Å². The lowest BCUT2D eigenvalue weighted by molar-refractivity contribution is 0.511. The van der Waals surface area contributed by atoms with Gasteiger partial charge < -0.3 is 5.32 Å². The average molecular weight is 267 g/mol. The van der Waals surface area contributed by atoms with E-state index in [2.05, 4.69) is 36.1 Å². The molecule has 0 fully saturated rings. The van der Waals surface area contributed by atoms with Crippen molar-refractivity contribution in [1.82, 2.24) is 15.3 Å². The molecule has 0 spiro atoms. The average Bonchev–Trinajstić information content (AvgIpc) is 2.25. The molecule has 1 heterocycles. The van der Waals surface area contributed by atoms with Crippen molar-refractivity contribution in [1.29, 1.82) is 0 Å². The van der Waals surface area contributed by atoms with Crippen LogP contribution in [0.25, 0.3) is 0 Å². The Bertz CT molecular complexity index is 348. The van der Waals surface area contributed by atoms with Crippen LogP contribution < -0.4 is 5.32 Å². The second-order valence-electron chi connectivity index (χ2n) is 4.96. The zero-order chi connectivity index (χ0) is 13.5. The van der Waals surface area contributed by atoms with Crippen LogP contribution in [0.2, 0.25) is 0 Å². The minimum atomic E-state index is 0.491. The number of aromatic nitrogens is 2. The highest BCUT2D eigenvalue weighted by Gasteiger charge is 2.09. The van der Waals surface area contributed by atoms with Gasteiger partial charge in [-0.3, -0.25) is 0 Å². The third kappa shape index (κ3) is 5.83. The van der Waals surface area contributed by atoms with Crippen molar-refractivity contribution in [2.24, 2.45) is 0 Å². The van der Waals surface area contributed by atoms with E-state index < -0.39 is 0 Å². The zero-order valence-electron chi connectivity index (χ0n) is 12.2. The molecule has 0 amide bonds. The highest BCUT2D eigenvalue weighted by Crippen LogP contribution is 2.19. The Kier molecular flexibility index (Phi) is 6.65. The minimum absolute atomic E-state index is 0.491. The molecule has 2 unspecified atom stereocenters. The van der Waals surface area contributed by atoms with Crippen LogP contribution in [-0.2, 0) is 0 Å². The Morgan fingerprint density at radius 2 is 1.83 bits per heavy atom. The second-order valence-corrected chi connectivity index (χ2v) is 6.37. The second kappa shape index (κ2) is 7.74. The molecule has 1 rings (SSSR count). The first-order valence-electron chi connectivity index (χ1n) is 6.73. The summed E-state index contributed by atoms with van der Waals surface area (Å²) in [5, 5.41) is 4.94. The number of thioether (sulfide) groups is 1. The maximum absolute atomic E-state index is 4.46. The zero-order valence-corrected chi connectivity index (χ0v) is 13.0. The van der Waals surface area contributed by atoms with E-state index in [0.717, 1.165) is 23.1 Å². The largest absolute Gasteiger partial charge is 0.313 e. The molecule has 0 saturated heterocycles. The van der Waals surface area contributed by atoms with Gasteiger partial charge >= 0.3 is 0 Å². The van der Waals surface area contributed by atoms with Gasteiger partial charge in [-0.1, -0.05) is 32.0 Å². The third-order valence-electron chi connectivity index (χ3n) is 2.74. The van der Waals surface area contributed by atoms with Gasteiger partial charge in [-0.05, 0) is 33.3 Å². The molecule has 0 aromatic carbocycles. The maximum Gasteiger partial charge on any atom is 0.188 e. The lowest BCUT2D eigenvalue weighted by Gasteiger charge is -2.16. The van der Waals surface area contributed by atoms with E-state index in [-0.39, 0.29) is 0 Å². The summed E-state index contributed by atoms with van der Waals surface area (Å²) >= 11 is 1.75. The fourth-order valence-electron chi connectivity index (χ4n) is 1.87. The summed E-state index contributed by atoms with van der Waals surface area (Å²) < 4.78 is 0. The molecular formula is C14H25N3S. The summed E-state index contributed by atoms with van der Waals surface area (Å²) in [7, 11) is 0. The summed E-state index contributed by atoms with van der Waals surface area (Å²) in [5.41, 5.74) is 2.09. The molecule has 3 nitrogen and oxygen atoms in total. The summed E-state index contributed by atoms with van der Waals surface area (Å²) in [5.74, 6) is 0. The summed E-state index contributed by atoms with van der Waals surface area (Å²) in [4.78, 5) is 8.92. The van der Waals surface area contributed by atoms with Crippen molar-refractivity contribution in [3.63, 3.8) is 0 Å². The number of nitrogens with one attached hydrogen (secondary N) is 1. The van der Waals surface area contributed by atoms with Crippen LogP contribution >= 0.6 is 11.8 Å². The molecule has 0 radical (unpaired) electrons. The van der Waals surface area contributed by atoms with Gasteiger partial charge in [-0.15, -0.1) is 0 Å². The van der Waals surface area contributed by atoms with E-state index >= 15 is 0 Å². The first kappa shape index (κ1) is 15.4. The third-order valence-corrected chi connectivity index (χ3v) is 3.71. The lowest BCUT2D eigenvalue weighted by Crippen LogP contribution is -2.31. The van der Waals surface area contributed by atoms with Crippen molar-refractivity contribution in [2.75, 3.05) is 6.54 Å². The van der Waals surface area contributed by atoms with Gasteiger partial charge in [0.2, 0.25) is 0 Å². The van der Waals surface area contributed by atoms with Crippen LogP contribution in [0.1, 0.15) is 45.0 Å². The summed E-state index contributed by atoms with van der Waals surface area (Å²) in [6.07, 6.45) is 2.47. The molecule has 0 bridgehead atoms. The van der Waals surface area contributed by atoms with Crippen LogP contribution in [0.4, 0.5) is 0 Å². The molecule has 1 N–H and O–H groups in total. The van der Waals surface area contributed by atoms with Crippen molar-refractivity contribution in [3.05, 3.63) is 17.5 Å². The van der Waals surface area contributed by atoms with Crippen molar-refractivity contribution >= 4 is 11.8 Å². The van der Waals surface area contributed by atoms with Crippen LogP contribution in [-0.4, -0.2) is 27.8 Å². The predicted octanol–water partition coefficient (Wildman–Crippen LogP) is 3.35. The molecule has 2 atom stereocenters. The van der Waals surface area contributed by atoms with Crippen LogP contribution in [0.5, 0.6) is 0 Å². The predicted molar refractivity (Wildman–Crippen MR) is 79.2 cm³/mol. The highest BCUT2D eigenvalue weighted by atomic mass is 32.2. The van der Waals surface area contributed by atoms with Gasteiger partial charge in [0.25, 0.3) is 0 Å². The smallest absolute Gasteiger partial charge is 0.188 e. The SMILES string of the molecule is CCCC(C)NCC(C)Sc1nc(C)cc(C)n1. The van der Waals surface area contributed by atoms with E-state index in [1.165, 1.54) is 12.8 Å². The van der Waals surface area contributed by atoms with E-state index in [1.54, 1.807) is 11.8 Å². The number of nitrogens with zero attached hydrogens (tertiary/aromatic N) is 2. The standard InChI is InChI=1S/C14H25N3S/c1-6-7-10(2)15-9-13(5)18-14-16-11(3)8-12(4)17-14/h8,10,13,15H,6-7,9H2,1-5H3. The normalized spacial score (nSPS) is 14.5. The molecule has 1 aromatic rings. The summed E-state index contributed by atoms with van der Waals surface area (Å²) in [6, 6.07) is 2.61. The number of aryl methyl sites for hydroxylation is 2. The molecule has 18 heavy (non-hydrogen) atoms. The van der Waals surface area contributed by atoms with Gasteiger partial charge in [0.15, 0.2) is 5.16 Å². The molecule has 0 aliphatic heterocycles. The van der Waals surface area contributed by atoms with Gasteiger partial charge in [0.05, 0.1) is 0 Å². The minimum Gasteiger partial charge on any atom is -0.313 e. The number of hydrogen-bond acceptors (Lipinski definition) is 4. The Morgan fingerprint density at radius 3 is 2.39 bits per heavy atom. The monoisotopic (exact) mass is 267 g/mol.